The molecule has 3 heterocycles. The zero-order chi connectivity index (χ0) is 18.9. The standard InChI is InChI=1S/C23H17N3O2.H3N/c27-23-20-9-8-18-11-24-13-19(22(18)26-20)16-6-3-4-15(10-16)14-28-21-7-2-1-5-17(21)12-25-23;/h1-11,13H,12,14H2,(H,25,27);1H3. The van der Waals surface area contributed by atoms with E-state index in [9.17, 15) is 4.79 Å². The average molecular weight is 384 g/mol. The Morgan fingerprint density at radius 1 is 0.966 bits per heavy atom. The molecule has 0 atom stereocenters. The van der Waals surface area contributed by atoms with Crippen LogP contribution in [0.1, 0.15) is 21.6 Å². The molecule has 0 aliphatic carbocycles. The summed E-state index contributed by atoms with van der Waals surface area (Å²) in [5.74, 6) is 0.543. The smallest absolute Gasteiger partial charge is 0.270 e. The second-order valence-corrected chi connectivity index (χ2v) is 6.73. The SMILES string of the molecule is N.O=C1NCc2ccccc2OCc2cccc(c2)-c2cncc3ccc1nc23. The monoisotopic (exact) mass is 384 g/mol. The van der Waals surface area contributed by atoms with Crippen molar-refractivity contribution < 1.29 is 9.53 Å². The molecule has 0 spiro atoms. The molecule has 2 aromatic heterocycles. The summed E-state index contributed by atoms with van der Waals surface area (Å²) < 4.78 is 6.05. The van der Waals surface area contributed by atoms with Crippen LogP contribution < -0.4 is 16.2 Å². The van der Waals surface area contributed by atoms with Crippen molar-refractivity contribution in [3.8, 4) is 16.9 Å². The van der Waals surface area contributed by atoms with Gasteiger partial charge in [0.2, 0.25) is 0 Å². The highest BCUT2D eigenvalue weighted by Gasteiger charge is 2.14. The fraction of sp³-hybridized carbons (Fsp3) is 0.0870. The van der Waals surface area contributed by atoms with Gasteiger partial charge in [0.25, 0.3) is 5.91 Å². The van der Waals surface area contributed by atoms with Crippen molar-refractivity contribution in [2.75, 3.05) is 0 Å². The Labute approximate surface area is 168 Å². The van der Waals surface area contributed by atoms with Crippen LogP contribution in [0.2, 0.25) is 0 Å². The number of carbonyl (C=O) groups is 1. The van der Waals surface area contributed by atoms with E-state index in [0.717, 1.165) is 38.9 Å². The molecule has 2 aromatic carbocycles. The molecule has 0 saturated carbocycles. The Morgan fingerprint density at radius 3 is 2.79 bits per heavy atom. The van der Waals surface area contributed by atoms with Crippen LogP contribution in [0.15, 0.2) is 73.1 Å². The van der Waals surface area contributed by atoms with Gasteiger partial charge in [-0.15, -0.1) is 0 Å². The van der Waals surface area contributed by atoms with Gasteiger partial charge in [0.05, 0.1) is 5.52 Å². The second-order valence-electron chi connectivity index (χ2n) is 6.73. The van der Waals surface area contributed by atoms with Crippen molar-refractivity contribution in [1.29, 1.82) is 0 Å². The normalized spacial score (nSPS) is 12.9. The Kier molecular flexibility index (Phi) is 4.93. The Balaban J connectivity index is 0.00000205. The maximum Gasteiger partial charge on any atom is 0.270 e. The van der Waals surface area contributed by atoms with Gasteiger partial charge in [-0.1, -0.05) is 36.4 Å². The molecule has 0 unspecified atom stereocenters. The summed E-state index contributed by atoms with van der Waals surface area (Å²) in [6, 6.07) is 19.5. The number of pyridine rings is 2. The van der Waals surface area contributed by atoms with Crippen molar-refractivity contribution in [1.82, 2.24) is 21.4 Å². The highest BCUT2D eigenvalue weighted by molar-refractivity contribution is 5.98. The van der Waals surface area contributed by atoms with Gasteiger partial charge in [0, 0.05) is 35.5 Å². The molecule has 5 rings (SSSR count). The number of rotatable bonds is 0. The van der Waals surface area contributed by atoms with Gasteiger partial charge in [-0.2, -0.15) is 0 Å². The van der Waals surface area contributed by atoms with Gasteiger partial charge in [0.15, 0.2) is 0 Å². The molecule has 1 aliphatic rings. The number of aromatic nitrogens is 2. The third-order valence-corrected chi connectivity index (χ3v) is 4.88. The Morgan fingerprint density at radius 2 is 1.86 bits per heavy atom. The van der Waals surface area contributed by atoms with Crippen molar-refractivity contribution >= 4 is 16.8 Å². The zero-order valence-corrected chi connectivity index (χ0v) is 15.8. The van der Waals surface area contributed by atoms with Gasteiger partial charge in [-0.05, 0) is 35.4 Å². The predicted octanol–water partition coefficient (Wildman–Crippen LogP) is 4.28. The molecule has 6 nitrogen and oxygen atoms in total. The van der Waals surface area contributed by atoms with E-state index < -0.39 is 0 Å². The van der Waals surface area contributed by atoms with Crippen LogP contribution >= 0.6 is 0 Å². The molecule has 0 saturated heterocycles. The number of hydrogen-bond donors (Lipinski definition) is 2. The number of nitrogens with zero attached hydrogens (tertiary/aromatic N) is 2. The largest absolute Gasteiger partial charge is 0.489 e. The molecule has 4 aromatic rings. The number of amides is 1. The van der Waals surface area contributed by atoms with E-state index in [-0.39, 0.29) is 12.1 Å². The lowest BCUT2D eigenvalue weighted by Gasteiger charge is -2.14. The zero-order valence-electron chi connectivity index (χ0n) is 15.8. The van der Waals surface area contributed by atoms with Gasteiger partial charge in [-0.25, -0.2) is 4.98 Å². The van der Waals surface area contributed by atoms with E-state index in [1.807, 2.05) is 48.5 Å². The number of para-hydroxylation sites is 1. The molecule has 144 valence electrons. The fourth-order valence-electron chi connectivity index (χ4n) is 3.43. The third kappa shape index (κ3) is 3.53. The van der Waals surface area contributed by atoms with E-state index in [0.29, 0.717) is 18.8 Å². The first-order valence-electron chi connectivity index (χ1n) is 9.11. The Bertz CT molecular complexity index is 1210. The summed E-state index contributed by atoms with van der Waals surface area (Å²) in [6.45, 7) is 0.813. The van der Waals surface area contributed by atoms with E-state index >= 15 is 0 Å². The highest BCUT2D eigenvalue weighted by Crippen LogP contribution is 2.28. The molecule has 6 heteroatoms. The summed E-state index contributed by atoms with van der Waals surface area (Å²) in [5.41, 5.74) is 5.02. The number of benzene rings is 2. The third-order valence-electron chi connectivity index (χ3n) is 4.88. The van der Waals surface area contributed by atoms with Crippen LogP contribution in [-0.2, 0) is 13.2 Å². The predicted molar refractivity (Wildman–Crippen MR) is 112 cm³/mol. The van der Waals surface area contributed by atoms with E-state index in [4.69, 9.17) is 4.74 Å². The number of nitrogens with one attached hydrogen (secondary N) is 1. The minimum Gasteiger partial charge on any atom is -0.489 e. The first-order chi connectivity index (χ1) is 13.8. The highest BCUT2D eigenvalue weighted by atomic mass is 16.5. The van der Waals surface area contributed by atoms with Gasteiger partial charge >= 0.3 is 0 Å². The van der Waals surface area contributed by atoms with Crippen LogP contribution in [0.25, 0.3) is 22.0 Å². The average Bonchev–Trinajstić information content (AvgIpc) is 2.75. The van der Waals surface area contributed by atoms with Crippen molar-refractivity contribution in [3.05, 3.63) is 89.9 Å². The lowest BCUT2D eigenvalue weighted by atomic mass is 10.0. The minimum atomic E-state index is -0.217. The molecule has 29 heavy (non-hydrogen) atoms. The molecule has 0 radical (unpaired) electrons. The van der Waals surface area contributed by atoms with Crippen LogP contribution in [-0.4, -0.2) is 15.9 Å². The number of ether oxygens (including phenoxy) is 1. The molecular weight excluding hydrogens is 364 g/mol. The Hall–Kier alpha value is -3.77. The van der Waals surface area contributed by atoms with Gasteiger partial charge in [0.1, 0.15) is 18.1 Å². The summed E-state index contributed by atoms with van der Waals surface area (Å²) in [5, 5.41) is 3.84. The molecule has 0 fully saturated rings. The van der Waals surface area contributed by atoms with Gasteiger partial charge in [-0.3, -0.25) is 9.78 Å². The number of hydrogen-bond acceptors (Lipinski definition) is 5. The molecule has 4 N–H and O–H groups in total. The van der Waals surface area contributed by atoms with Crippen molar-refractivity contribution in [2.24, 2.45) is 0 Å². The molecule has 1 aliphatic heterocycles. The second kappa shape index (κ2) is 7.69. The van der Waals surface area contributed by atoms with Crippen molar-refractivity contribution in [2.45, 2.75) is 13.2 Å². The summed E-state index contributed by atoms with van der Waals surface area (Å²) in [4.78, 5) is 21.7. The topological polar surface area (TPSA) is 99.1 Å². The van der Waals surface area contributed by atoms with Crippen LogP contribution in [0, 0.1) is 0 Å². The fourth-order valence-corrected chi connectivity index (χ4v) is 3.43. The minimum absolute atomic E-state index is 0. The summed E-state index contributed by atoms with van der Waals surface area (Å²) in [7, 11) is 0. The summed E-state index contributed by atoms with van der Waals surface area (Å²) in [6.07, 6.45) is 3.55. The van der Waals surface area contributed by atoms with Gasteiger partial charge < -0.3 is 16.2 Å². The molecular formula is C23H20N4O2. The van der Waals surface area contributed by atoms with Crippen LogP contribution in [0.3, 0.4) is 0 Å². The van der Waals surface area contributed by atoms with E-state index in [1.54, 1.807) is 18.5 Å². The van der Waals surface area contributed by atoms with Crippen LogP contribution in [0.5, 0.6) is 5.75 Å². The lowest BCUT2D eigenvalue weighted by molar-refractivity contribution is 0.0946. The molecule has 4 bridgehead atoms. The van der Waals surface area contributed by atoms with Crippen molar-refractivity contribution in [3.63, 3.8) is 0 Å². The maximum absolute atomic E-state index is 12.7. The van der Waals surface area contributed by atoms with E-state index in [2.05, 4.69) is 21.4 Å². The first kappa shape index (κ1) is 18.6. The van der Waals surface area contributed by atoms with Crippen LogP contribution in [0.4, 0.5) is 0 Å². The van der Waals surface area contributed by atoms with E-state index in [1.165, 1.54) is 0 Å². The number of fused-ring (bicyclic) bond motifs is 5. The number of carbonyl (C=O) groups excluding carboxylic acids is 1. The maximum atomic E-state index is 12.7. The quantitative estimate of drug-likeness (QED) is 0.471. The lowest BCUT2D eigenvalue weighted by Crippen LogP contribution is -2.24. The summed E-state index contributed by atoms with van der Waals surface area (Å²) >= 11 is 0. The first-order valence-corrected chi connectivity index (χ1v) is 9.11. The molecule has 1 amide bonds.